The monoisotopic (exact) mass is 265 g/mol. The fraction of sp³-hybridized carbons (Fsp3) is 0.692. The minimum Gasteiger partial charge on any atom is -0.476 e. The van der Waals surface area contributed by atoms with Gasteiger partial charge in [-0.3, -0.25) is 4.90 Å². The first kappa shape index (κ1) is 14.0. The van der Waals surface area contributed by atoms with E-state index in [0.29, 0.717) is 24.1 Å². The maximum Gasteiger partial charge on any atom is 0.221 e. The summed E-state index contributed by atoms with van der Waals surface area (Å²) in [7, 11) is 0. The molecule has 3 N–H and O–H groups in total. The molecular formula is C13H23N5O. The van der Waals surface area contributed by atoms with Crippen molar-refractivity contribution in [3.05, 3.63) is 11.4 Å². The van der Waals surface area contributed by atoms with Crippen LogP contribution in [0.3, 0.4) is 0 Å². The molecule has 6 nitrogen and oxygen atoms in total. The van der Waals surface area contributed by atoms with Crippen LogP contribution >= 0.6 is 0 Å². The van der Waals surface area contributed by atoms with Crippen molar-refractivity contribution in [1.82, 2.24) is 14.9 Å². The lowest BCUT2D eigenvalue weighted by Crippen LogP contribution is -2.33. The fourth-order valence-electron chi connectivity index (χ4n) is 2.34. The molecule has 19 heavy (non-hydrogen) atoms. The van der Waals surface area contributed by atoms with Crippen LogP contribution < -0.4 is 16.0 Å². The minimum absolute atomic E-state index is 0.623. The lowest BCUT2D eigenvalue weighted by atomic mass is 10.1. The third-order valence-electron chi connectivity index (χ3n) is 3.44. The van der Waals surface area contributed by atoms with Crippen molar-refractivity contribution in [1.29, 1.82) is 0 Å². The van der Waals surface area contributed by atoms with Crippen LogP contribution in [0, 0.1) is 13.8 Å². The predicted molar refractivity (Wildman–Crippen MR) is 75.1 cm³/mol. The topological polar surface area (TPSA) is 76.3 Å². The second-order valence-corrected chi connectivity index (χ2v) is 4.94. The van der Waals surface area contributed by atoms with Gasteiger partial charge < -0.3 is 10.2 Å². The van der Waals surface area contributed by atoms with Crippen LogP contribution in [0.15, 0.2) is 0 Å². The Morgan fingerprint density at radius 3 is 2.63 bits per heavy atom. The van der Waals surface area contributed by atoms with Crippen LogP contribution in [-0.4, -0.2) is 41.1 Å². The largest absolute Gasteiger partial charge is 0.476 e. The van der Waals surface area contributed by atoms with Crippen LogP contribution in [0.4, 0.5) is 5.82 Å². The Balaban J connectivity index is 1.89. The molecule has 1 saturated heterocycles. The molecule has 0 saturated carbocycles. The predicted octanol–water partition coefficient (Wildman–Crippen LogP) is 1.24. The van der Waals surface area contributed by atoms with Crippen molar-refractivity contribution in [2.24, 2.45) is 5.84 Å². The van der Waals surface area contributed by atoms with E-state index in [4.69, 9.17) is 10.6 Å². The van der Waals surface area contributed by atoms with Gasteiger partial charge in [-0.25, -0.2) is 10.8 Å². The number of likely N-dealkylation sites (tertiary alicyclic amines) is 1. The Kier molecular flexibility index (Phi) is 4.93. The molecule has 0 aromatic carbocycles. The van der Waals surface area contributed by atoms with E-state index in [9.17, 15) is 0 Å². The zero-order valence-electron chi connectivity index (χ0n) is 11.8. The van der Waals surface area contributed by atoms with Gasteiger partial charge in [-0.15, -0.1) is 0 Å². The van der Waals surface area contributed by atoms with E-state index in [-0.39, 0.29) is 0 Å². The fourth-order valence-corrected chi connectivity index (χ4v) is 2.34. The Morgan fingerprint density at radius 1 is 1.21 bits per heavy atom. The molecule has 1 aromatic heterocycles. The summed E-state index contributed by atoms with van der Waals surface area (Å²) >= 11 is 0. The number of aryl methyl sites for hydroxylation is 1. The third kappa shape index (κ3) is 3.78. The Hall–Kier alpha value is -1.40. The third-order valence-corrected chi connectivity index (χ3v) is 3.44. The number of nitrogen functional groups attached to an aromatic ring is 1. The molecule has 1 aliphatic rings. The summed E-state index contributed by atoms with van der Waals surface area (Å²) < 4.78 is 5.77. The number of nitrogens with zero attached hydrogens (tertiary/aromatic N) is 3. The number of nitrogens with one attached hydrogen (secondary N) is 1. The molecule has 0 amide bonds. The van der Waals surface area contributed by atoms with Gasteiger partial charge in [-0.05, 0) is 39.8 Å². The summed E-state index contributed by atoms with van der Waals surface area (Å²) in [4.78, 5) is 11.0. The SMILES string of the molecule is Cc1nc(NN)c(C)c(OCCN2CCCCC2)n1. The summed E-state index contributed by atoms with van der Waals surface area (Å²) in [5.41, 5.74) is 3.43. The lowest BCUT2D eigenvalue weighted by molar-refractivity contribution is 0.180. The van der Waals surface area contributed by atoms with E-state index < -0.39 is 0 Å². The van der Waals surface area contributed by atoms with Crippen LogP contribution in [0.1, 0.15) is 30.7 Å². The van der Waals surface area contributed by atoms with E-state index in [0.717, 1.165) is 12.1 Å². The van der Waals surface area contributed by atoms with Gasteiger partial charge in [0.1, 0.15) is 18.2 Å². The molecule has 1 aromatic rings. The molecule has 0 spiro atoms. The number of rotatable bonds is 5. The maximum atomic E-state index is 5.77. The van der Waals surface area contributed by atoms with Crippen LogP contribution in [0.25, 0.3) is 0 Å². The van der Waals surface area contributed by atoms with Crippen molar-refractivity contribution >= 4 is 5.82 Å². The number of anilines is 1. The van der Waals surface area contributed by atoms with Gasteiger partial charge in [0.05, 0.1) is 5.56 Å². The standard InChI is InChI=1S/C13H23N5O/c1-10-12(17-14)15-11(2)16-13(10)19-9-8-18-6-4-3-5-7-18/h3-9,14H2,1-2H3,(H,15,16,17). The summed E-state index contributed by atoms with van der Waals surface area (Å²) in [6, 6.07) is 0. The van der Waals surface area contributed by atoms with E-state index >= 15 is 0 Å². The highest BCUT2D eigenvalue weighted by Crippen LogP contribution is 2.21. The van der Waals surface area contributed by atoms with Gasteiger partial charge >= 0.3 is 0 Å². The number of nitrogens with two attached hydrogens (primary N) is 1. The van der Waals surface area contributed by atoms with E-state index in [1.165, 1.54) is 32.4 Å². The zero-order chi connectivity index (χ0) is 13.7. The van der Waals surface area contributed by atoms with Gasteiger partial charge in [0.15, 0.2) is 0 Å². The van der Waals surface area contributed by atoms with Crippen molar-refractivity contribution in [3.8, 4) is 5.88 Å². The molecule has 0 atom stereocenters. The molecule has 0 radical (unpaired) electrons. The number of hydrazine groups is 1. The number of hydrogen-bond acceptors (Lipinski definition) is 6. The smallest absolute Gasteiger partial charge is 0.221 e. The Labute approximate surface area is 114 Å². The molecule has 6 heteroatoms. The summed E-state index contributed by atoms with van der Waals surface area (Å²) in [6.45, 7) is 7.71. The van der Waals surface area contributed by atoms with Crippen LogP contribution in [0.5, 0.6) is 5.88 Å². The highest BCUT2D eigenvalue weighted by molar-refractivity contribution is 5.47. The average molecular weight is 265 g/mol. The first-order chi connectivity index (χ1) is 9.20. The van der Waals surface area contributed by atoms with Gasteiger partial charge in [-0.2, -0.15) is 4.98 Å². The van der Waals surface area contributed by atoms with Gasteiger partial charge in [0.2, 0.25) is 5.88 Å². The van der Waals surface area contributed by atoms with Gasteiger partial charge in [0.25, 0.3) is 0 Å². The minimum atomic E-state index is 0.623. The van der Waals surface area contributed by atoms with Crippen molar-refractivity contribution in [2.45, 2.75) is 33.1 Å². The molecule has 0 unspecified atom stereocenters. The van der Waals surface area contributed by atoms with Crippen molar-refractivity contribution in [2.75, 3.05) is 31.7 Å². The van der Waals surface area contributed by atoms with Crippen molar-refractivity contribution in [3.63, 3.8) is 0 Å². The Morgan fingerprint density at radius 2 is 1.95 bits per heavy atom. The highest BCUT2D eigenvalue weighted by Gasteiger charge is 2.12. The zero-order valence-corrected chi connectivity index (χ0v) is 11.8. The number of ether oxygens (including phenoxy) is 1. The average Bonchev–Trinajstić information content (AvgIpc) is 2.43. The Bertz CT molecular complexity index is 418. The van der Waals surface area contributed by atoms with Crippen LogP contribution in [-0.2, 0) is 0 Å². The molecule has 1 aliphatic heterocycles. The second-order valence-electron chi connectivity index (χ2n) is 4.94. The molecule has 0 bridgehead atoms. The molecule has 0 aliphatic carbocycles. The van der Waals surface area contributed by atoms with Gasteiger partial charge in [0, 0.05) is 6.54 Å². The van der Waals surface area contributed by atoms with E-state index in [2.05, 4.69) is 20.3 Å². The molecule has 2 heterocycles. The normalized spacial score (nSPS) is 16.4. The quantitative estimate of drug-likeness (QED) is 0.616. The first-order valence-electron chi connectivity index (χ1n) is 6.87. The highest BCUT2D eigenvalue weighted by atomic mass is 16.5. The molecule has 2 rings (SSSR count). The maximum absolute atomic E-state index is 5.77. The molecule has 1 fully saturated rings. The lowest BCUT2D eigenvalue weighted by Gasteiger charge is -2.26. The van der Waals surface area contributed by atoms with Gasteiger partial charge in [-0.1, -0.05) is 6.42 Å². The summed E-state index contributed by atoms with van der Waals surface area (Å²) in [5, 5.41) is 0. The summed E-state index contributed by atoms with van der Waals surface area (Å²) in [5.74, 6) is 7.34. The number of piperidine rings is 1. The van der Waals surface area contributed by atoms with E-state index in [1.54, 1.807) is 0 Å². The second kappa shape index (κ2) is 6.68. The number of aromatic nitrogens is 2. The molecular weight excluding hydrogens is 242 g/mol. The van der Waals surface area contributed by atoms with E-state index in [1.807, 2.05) is 13.8 Å². The van der Waals surface area contributed by atoms with Crippen LogP contribution in [0.2, 0.25) is 0 Å². The summed E-state index contributed by atoms with van der Waals surface area (Å²) in [6.07, 6.45) is 3.95. The van der Waals surface area contributed by atoms with Crippen molar-refractivity contribution < 1.29 is 4.74 Å². The first-order valence-corrected chi connectivity index (χ1v) is 6.87. The molecule has 106 valence electrons. The number of hydrogen-bond donors (Lipinski definition) is 2.